The number of carbonyl (C=O) groups is 2. The van der Waals surface area contributed by atoms with Gasteiger partial charge in [-0.15, -0.1) is 0 Å². The molecular formula is C10H13NO6. The van der Waals surface area contributed by atoms with Crippen LogP contribution in [0, 0.1) is 0 Å². The van der Waals surface area contributed by atoms with Crippen molar-refractivity contribution < 1.29 is 29.6 Å². The maximum atomic E-state index is 11.5. The van der Waals surface area contributed by atoms with E-state index in [0.29, 0.717) is 0 Å². The van der Waals surface area contributed by atoms with Gasteiger partial charge < -0.3 is 20.1 Å². The SMILES string of the molecule is O=C1CC=C([C@@H]2O[C@H](CO)[C@H](O)C2O)C(=O)N1. The van der Waals surface area contributed by atoms with Crippen LogP contribution in [0.1, 0.15) is 6.42 Å². The number of nitrogens with one attached hydrogen (secondary N) is 1. The molecule has 0 saturated carbocycles. The molecule has 1 saturated heterocycles. The number of hydrogen-bond acceptors (Lipinski definition) is 6. The first-order valence-corrected chi connectivity index (χ1v) is 5.21. The van der Waals surface area contributed by atoms with Crippen LogP contribution in [-0.4, -0.2) is 58.2 Å². The number of carbonyl (C=O) groups excluding carboxylic acids is 2. The monoisotopic (exact) mass is 243 g/mol. The molecule has 2 amide bonds. The molecule has 2 aliphatic rings. The second-order valence-electron chi connectivity index (χ2n) is 4.00. The van der Waals surface area contributed by atoms with E-state index >= 15 is 0 Å². The van der Waals surface area contributed by atoms with Gasteiger partial charge in [-0.3, -0.25) is 14.9 Å². The van der Waals surface area contributed by atoms with E-state index < -0.39 is 42.8 Å². The van der Waals surface area contributed by atoms with Crippen molar-refractivity contribution in [1.29, 1.82) is 0 Å². The van der Waals surface area contributed by atoms with E-state index in [1.165, 1.54) is 6.08 Å². The van der Waals surface area contributed by atoms with Crippen molar-refractivity contribution in [2.24, 2.45) is 0 Å². The normalized spacial score (nSPS) is 37.9. The third-order valence-electron chi connectivity index (χ3n) is 2.87. The van der Waals surface area contributed by atoms with E-state index in [-0.39, 0.29) is 12.0 Å². The highest BCUT2D eigenvalue weighted by molar-refractivity contribution is 6.08. The van der Waals surface area contributed by atoms with Crippen LogP contribution in [0.5, 0.6) is 0 Å². The van der Waals surface area contributed by atoms with Crippen LogP contribution >= 0.6 is 0 Å². The highest BCUT2D eigenvalue weighted by Crippen LogP contribution is 2.27. The third-order valence-corrected chi connectivity index (χ3v) is 2.87. The minimum absolute atomic E-state index is 0.0214. The van der Waals surface area contributed by atoms with Crippen molar-refractivity contribution >= 4 is 11.8 Å². The lowest BCUT2D eigenvalue weighted by Gasteiger charge is -2.20. The molecule has 2 aliphatic heterocycles. The molecule has 0 radical (unpaired) electrons. The minimum atomic E-state index is -1.29. The highest BCUT2D eigenvalue weighted by Gasteiger charge is 2.46. The predicted molar refractivity (Wildman–Crippen MR) is 53.6 cm³/mol. The summed E-state index contributed by atoms with van der Waals surface area (Å²) in [5, 5.41) is 30.2. The Balaban J connectivity index is 2.18. The molecular weight excluding hydrogens is 230 g/mol. The van der Waals surface area contributed by atoms with Crippen molar-refractivity contribution in [2.45, 2.75) is 30.8 Å². The summed E-state index contributed by atoms with van der Waals surface area (Å²) >= 11 is 0. The number of ether oxygens (including phenoxy) is 1. The first-order valence-electron chi connectivity index (χ1n) is 5.21. The molecule has 1 unspecified atom stereocenters. The van der Waals surface area contributed by atoms with Crippen LogP contribution in [0.3, 0.4) is 0 Å². The van der Waals surface area contributed by atoms with Gasteiger partial charge in [-0.1, -0.05) is 6.08 Å². The lowest BCUT2D eigenvalue weighted by atomic mass is 9.98. The molecule has 0 aromatic carbocycles. The summed E-state index contributed by atoms with van der Waals surface area (Å²) in [5.74, 6) is -1.07. The summed E-state index contributed by atoms with van der Waals surface area (Å²) in [6, 6.07) is 0. The van der Waals surface area contributed by atoms with Crippen LogP contribution in [0.2, 0.25) is 0 Å². The molecule has 94 valence electrons. The summed E-state index contributed by atoms with van der Waals surface area (Å²) in [5.41, 5.74) is 0.104. The highest BCUT2D eigenvalue weighted by atomic mass is 16.6. The van der Waals surface area contributed by atoms with E-state index in [4.69, 9.17) is 9.84 Å². The van der Waals surface area contributed by atoms with Crippen LogP contribution in [0.15, 0.2) is 11.6 Å². The zero-order valence-electron chi connectivity index (χ0n) is 8.87. The number of rotatable bonds is 2. The molecule has 2 rings (SSSR count). The van der Waals surface area contributed by atoms with Crippen molar-refractivity contribution in [1.82, 2.24) is 5.32 Å². The molecule has 0 aromatic heterocycles. The fourth-order valence-corrected chi connectivity index (χ4v) is 1.95. The van der Waals surface area contributed by atoms with Crippen LogP contribution < -0.4 is 5.32 Å². The summed E-state index contributed by atoms with van der Waals surface area (Å²) < 4.78 is 5.19. The first-order chi connectivity index (χ1) is 8.04. The average Bonchev–Trinajstić information content (AvgIpc) is 2.57. The molecule has 0 aromatic rings. The first kappa shape index (κ1) is 12.2. The van der Waals surface area contributed by atoms with Crippen molar-refractivity contribution in [2.75, 3.05) is 6.61 Å². The standard InChI is InChI=1S/C10H13NO6/c12-3-5-7(14)8(15)9(17-5)4-1-2-6(13)11-10(4)16/h1,5,7-9,12,14-15H,2-3H2,(H,11,13,16)/t5-,7+,8?,9+/m1/s1. The Bertz CT molecular complexity index is 379. The summed E-state index contributed by atoms with van der Waals surface area (Å²) in [6.07, 6.45) is -3.11. The van der Waals surface area contributed by atoms with Gasteiger partial charge in [0.05, 0.1) is 6.61 Å². The fraction of sp³-hybridized carbons (Fsp3) is 0.600. The maximum absolute atomic E-state index is 11.5. The topological polar surface area (TPSA) is 116 Å². The van der Waals surface area contributed by atoms with E-state index in [9.17, 15) is 19.8 Å². The van der Waals surface area contributed by atoms with Crippen LogP contribution in [0.25, 0.3) is 0 Å². The number of imide groups is 1. The van der Waals surface area contributed by atoms with Gasteiger partial charge in [0.15, 0.2) is 0 Å². The van der Waals surface area contributed by atoms with Crippen molar-refractivity contribution in [3.8, 4) is 0 Å². The minimum Gasteiger partial charge on any atom is -0.394 e. The van der Waals surface area contributed by atoms with Crippen molar-refractivity contribution in [3.63, 3.8) is 0 Å². The number of aliphatic hydroxyl groups excluding tert-OH is 3. The second-order valence-corrected chi connectivity index (χ2v) is 4.00. The fourth-order valence-electron chi connectivity index (χ4n) is 1.95. The number of hydrogen-bond donors (Lipinski definition) is 4. The summed E-state index contributed by atoms with van der Waals surface area (Å²) in [6.45, 7) is -0.456. The Labute approximate surface area is 96.7 Å². The van der Waals surface area contributed by atoms with E-state index in [0.717, 1.165) is 0 Å². The molecule has 4 N–H and O–H groups in total. The third kappa shape index (κ3) is 2.09. The Morgan fingerprint density at radius 1 is 1.35 bits per heavy atom. The maximum Gasteiger partial charge on any atom is 0.256 e. The molecule has 4 atom stereocenters. The number of amides is 2. The molecule has 7 nitrogen and oxygen atoms in total. The lowest BCUT2D eigenvalue weighted by molar-refractivity contribution is -0.130. The molecule has 0 spiro atoms. The second kappa shape index (κ2) is 4.53. The number of aliphatic hydroxyl groups is 3. The Kier molecular flexibility index (Phi) is 3.25. The van der Waals surface area contributed by atoms with Crippen LogP contribution in [0.4, 0.5) is 0 Å². The van der Waals surface area contributed by atoms with E-state index in [2.05, 4.69) is 5.32 Å². The molecule has 0 aliphatic carbocycles. The van der Waals surface area contributed by atoms with Gasteiger partial charge in [0.1, 0.15) is 24.4 Å². The molecule has 0 bridgehead atoms. The van der Waals surface area contributed by atoms with E-state index in [1.54, 1.807) is 0 Å². The average molecular weight is 243 g/mol. The molecule has 17 heavy (non-hydrogen) atoms. The Hall–Kier alpha value is -1.28. The predicted octanol–water partition coefficient (Wildman–Crippen LogP) is -2.56. The van der Waals surface area contributed by atoms with Gasteiger partial charge in [-0.25, -0.2) is 0 Å². The largest absolute Gasteiger partial charge is 0.394 e. The lowest BCUT2D eigenvalue weighted by Crippen LogP contribution is -2.42. The van der Waals surface area contributed by atoms with Gasteiger partial charge >= 0.3 is 0 Å². The van der Waals surface area contributed by atoms with E-state index in [1.807, 2.05) is 0 Å². The van der Waals surface area contributed by atoms with Gasteiger partial charge in [0.2, 0.25) is 5.91 Å². The smallest absolute Gasteiger partial charge is 0.256 e. The van der Waals surface area contributed by atoms with Gasteiger partial charge in [-0.2, -0.15) is 0 Å². The summed E-state index contributed by atoms with van der Waals surface area (Å²) in [7, 11) is 0. The molecule has 7 heteroatoms. The molecule has 2 heterocycles. The Morgan fingerprint density at radius 2 is 2.06 bits per heavy atom. The van der Waals surface area contributed by atoms with Gasteiger partial charge in [0, 0.05) is 12.0 Å². The molecule has 1 fully saturated rings. The quantitative estimate of drug-likeness (QED) is 0.396. The van der Waals surface area contributed by atoms with Crippen molar-refractivity contribution in [3.05, 3.63) is 11.6 Å². The Morgan fingerprint density at radius 3 is 2.59 bits per heavy atom. The van der Waals surface area contributed by atoms with Gasteiger partial charge in [-0.05, 0) is 0 Å². The summed E-state index contributed by atoms with van der Waals surface area (Å²) in [4.78, 5) is 22.4. The van der Waals surface area contributed by atoms with Crippen LogP contribution in [-0.2, 0) is 14.3 Å². The zero-order chi connectivity index (χ0) is 12.6. The van der Waals surface area contributed by atoms with Gasteiger partial charge in [0.25, 0.3) is 5.91 Å². The zero-order valence-corrected chi connectivity index (χ0v) is 8.87.